The Kier molecular flexibility index (Phi) is 9.09. The number of rotatable bonds is 9. The normalized spacial score (nSPS) is 23.1. The van der Waals surface area contributed by atoms with Crippen molar-refractivity contribution >= 4 is 18.5 Å². The molecule has 1 amide bonds. The van der Waals surface area contributed by atoms with E-state index in [9.17, 15) is 4.79 Å². The number of nitrogens with one attached hydrogen (secondary N) is 1. The molecule has 0 aromatic rings. The predicted molar refractivity (Wildman–Crippen MR) is 129 cm³/mol. The molecule has 2 aliphatic rings. The summed E-state index contributed by atoms with van der Waals surface area (Å²) in [6, 6.07) is 0. The van der Waals surface area contributed by atoms with Crippen LogP contribution in [0.3, 0.4) is 0 Å². The first-order valence-corrected chi connectivity index (χ1v) is 11.1. The third-order valence-electron chi connectivity index (χ3n) is 5.65. The number of amides is 1. The Bertz CT molecular complexity index is 766. The highest BCUT2D eigenvalue weighted by Crippen LogP contribution is 2.31. The summed E-state index contributed by atoms with van der Waals surface area (Å²) in [4.78, 5) is 15.4. The molecular weight excluding hydrogens is 392 g/mol. The number of ether oxygens (including phenoxy) is 1. The summed E-state index contributed by atoms with van der Waals surface area (Å²) in [6.07, 6.45) is 14.7. The largest absolute Gasteiger partial charge is 0.479 e. The van der Waals surface area contributed by atoms with E-state index in [1.165, 1.54) is 5.57 Å². The zero-order valence-electron chi connectivity index (χ0n) is 18.6. The molecule has 1 aliphatic heterocycles. The molecule has 0 aromatic heterocycles. The molecule has 0 bridgehead atoms. The van der Waals surface area contributed by atoms with Gasteiger partial charge in [-0.05, 0) is 56.6 Å². The summed E-state index contributed by atoms with van der Waals surface area (Å²) in [7, 11) is 0. The third-order valence-corrected chi connectivity index (χ3v) is 5.78. The molecule has 1 atom stereocenters. The van der Waals surface area contributed by atoms with Crippen molar-refractivity contribution in [2.24, 2.45) is 11.3 Å². The second-order valence-electron chi connectivity index (χ2n) is 8.61. The van der Waals surface area contributed by atoms with Gasteiger partial charge in [0.1, 0.15) is 0 Å². The van der Waals surface area contributed by atoms with Gasteiger partial charge in [0, 0.05) is 30.6 Å². The summed E-state index contributed by atoms with van der Waals surface area (Å²) in [5, 5.41) is 3.04. The molecule has 1 fully saturated rings. The number of thiol groups is 1. The van der Waals surface area contributed by atoms with Gasteiger partial charge in [-0.1, -0.05) is 49.5 Å². The second kappa shape index (κ2) is 11.3. The molecule has 164 valence electrons. The third kappa shape index (κ3) is 7.60. The van der Waals surface area contributed by atoms with E-state index < -0.39 is 0 Å². The van der Waals surface area contributed by atoms with Crippen LogP contribution in [-0.4, -0.2) is 37.0 Å². The van der Waals surface area contributed by atoms with Crippen LogP contribution in [0, 0.1) is 11.3 Å². The molecule has 0 spiro atoms. The highest BCUT2D eigenvalue weighted by Gasteiger charge is 2.26. The fourth-order valence-corrected chi connectivity index (χ4v) is 3.72. The van der Waals surface area contributed by atoms with Gasteiger partial charge in [0.05, 0.1) is 6.61 Å². The topological polar surface area (TPSA) is 41.6 Å². The lowest BCUT2D eigenvalue weighted by molar-refractivity contribution is -0.117. The molecule has 1 aliphatic carbocycles. The highest BCUT2D eigenvalue weighted by atomic mass is 32.1. The Morgan fingerprint density at radius 3 is 2.70 bits per heavy atom. The van der Waals surface area contributed by atoms with Gasteiger partial charge in [-0.15, -0.1) is 12.6 Å². The number of hydrogen-bond donors (Lipinski definition) is 2. The number of piperidine rings is 1. The summed E-state index contributed by atoms with van der Waals surface area (Å²) in [5.74, 6) is 1.12. The van der Waals surface area contributed by atoms with Crippen LogP contribution in [0.25, 0.3) is 0 Å². The van der Waals surface area contributed by atoms with Crippen LogP contribution in [0.2, 0.25) is 0 Å². The predicted octanol–water partition coefficient (Wildman–Crippen LogP) is 5.16. The Morgan fingerprint density at radius 1 is 1.43 bits per heavy atom. The van der Waals surface area contributed by atoms with E-state index in [2.05, 4.69) is 68.1 Å². The summed E-state index contributed by atoms with van der Waals surface area (Å²) in [6.45, 7) is 17.1. The molecule has 0 saturated carbocycles. The Balaban J connectivity index is 1.74. The van der Waals surface area contributed by atoms with Crippen molar-refractivity contribution in [1.29, 1.82) is 0 Å². The van der Waals surface area contributed by atoms with Crippen molar-refractivity contribution in [3.8, 4) is 0 Å². The van der Waals surface area contributed by atoms with Gasteiger partial charge in [-0.25, -0.2) is 0 Å². The van der Waals surface area contributed by atoms with Crippen LogP contribution in [0.1, 0.15) is 40.0 Å². The Morgan fingerprint density at radius 2 is 2.13 bits per heavy atom. The van der Waals surface area contributed by atoms with Crippen LogP contribution >= 0.6 is 12.6 Å². The summed E-state index contributed by atoms with van der Waals surface area (Å²) < 4.78 is 6.04. The van der Waals surface area contributed by atoms with Gasteiger partial charge < -0.3 is 15.0 Å². The zero-order valence-corrected chi connectivity index (χ0v) is 19.5. The van der Waals surface area contributed by atoms with Gasteiger partial charge in [0.25, 0.3) is 5.91 Å². The van der Waals surface area contributed by atoms with Crippen molar-refractivity contribution in [3.05, 3.63) is 71.5 Å². The fraction of sp³-hybridized carbons (Fsp3) is 0.480. The van der Waals surface area contributed by atoms with Crippen LogP contribution in [-0.2, 0) is 9.53 Å². The summed E-state index contributed by atoms with van der Waals surface area (Å²) in [5.41, 5.74) is 1.91. The standard InChI is InChI=1S/C25H36N2O2S/c1-6-7-23(16-20(3)30)24(28)26-17-22-10-14-27(15-11-22)21(4)29-18-25(5)12-8-19(2)9-13-25/h6-9,12,16,22,30H,1,4,10-11,13-15,17-18H2,2-3,5H3,(H,26,28)/b20-16+,23-7+. The Hall–Kier alpha value is -2.14. The number of nitrogens with zero attached hydrogens (tertiary/aromatic N) is 1. The zero-order chi connectivity index (χ0) is 22.1. The lowest BCUT2D eigenvalue weighted by atomic mass is 9.83. The summed E-state index contributed by atoms with van der Waals surface area (Å²) >= 11 is 4.26. The van der Waals surface area contributed by atoms with Gasteiger partial charge in [-0.3, -0.25) is 4.79 Å². The van der Waals surface area contributed by atoms with Crippen molar-refractivity contribution < 1.29 is 9.53 Å². The van der Waals surface area contributed by atoms with Crippen LogP contribution < -0.4 is 5.32 Å². The lowest BCUT2D eigenvalue weighted by Gasteiger charge is -2.36. The van der Waals surface area contributed by atoms with E-state index in [0.717, 1.165) is 43.1 Å². The highest BCUT2D eigenvalue weighted by molar-refractivity contribution is 7.84. The van der Waals surface area contributed by atoms with E-state index >= 15 is 0 Å². The van der Waals surface area contributed by atoms with E-state index in [1.54, 1.807) is 18.2 Å². The van der Waals surface area contributed by atoms with Crippen molar-refractivity contribution in [1.82, 2.24) is 10.2 Å². The molecule has 1 unspecified atom stereocenters. The molecule has 0 aromatic carbocycles. The van der Waals surface area contributed by atoms with Crippen LogP contribution in [0.4, 0.5) is 0 Å². The number of likely N-dealkylation sites (tertiary alicyclic amines) is 1. The Labute approximate surface area is 187 Å². The molecular formula is C25H36N2O2S. The van der Waals surface area contributed by atoms with E-state index in [1.807, 2.05) is 6.92 Å². The fourth-order valence-electron chi connectivity index (χ4n) is 3.58. The van der Waals surface area contributed by atoms with Gasteiger partial charge in [0.2, 0.25) is 0 Å². The molecule has 1 saturated heterocycles. The maximum Gasteiger partial charge on any atom is 0.251 e. The van der Waals surface area contributed by atoms with Crippen molar-refractivity contribution in [3.63, 3.8) is 0 Å². The van der Waals surface area contributed by atoms with Gasteiger partial charge >= 0.3 is 0 Å². The lowest BCUT2D eigenvalue weighted by Crippen LogP contribution is -2.39. The number of allylic oxidation sites excluding steroid dienone is 6. The van der Waals surface area contributed by atoms with Crippen molar-refractivity contribution in [2.45, 2.75) is 40.0 Å². The monoisotopic (exact) mass is 428 g/mol. The number of carbonyl (C=O) groups excluding carboxylic acids is 1. The smallest absolute Gasteiger partial charge is 0.251 e. The van der Waals surface area contributed by atoms with Crippen LogP contribution in [0.5, 0.6) is 0 Å². The average Bonchev–Trinajstić information content (AvgIpc) is 2.72. The molecule has 4 nitrogen and oxygen atoms in total. The number of carbonyl (C=O) groups is 1. The first-order chi connectivity index (χ1) is 14.2. The maximum absolute atomic E-state index is 12.4. The molecule has 2 rings (SSSR count). The molecule has 0 radical (unpaired) electrons. The minimum Gasteiger partial charge on any atom is -0.479 e. The SMILES string of the molecule is C=C/C=C(\C=C(/C)S)C(=O)NCC1CCN(C(=C)OCC2(C)C=CC(C)=CC2)CC1. The average molecular weight is 429 g/mol. The van der Waals surface area contributed by atoms with Gasteiger partial charge in [0.15, 0.2) is 5.88 Å². The van der Waals surface area contributed by atoms with E-state index in [4.69, 9.17) is 4.74 Å². The van der Waals surface area contributed by atoms with Crippen LogP contribution in [0.15, 0.2) is 71.5 Å². The molecule has 5 heteroatoms. The molecule has 1 heterocycles. The minimum absolute atomic E-state index is 0.0293. The first-order valence-electron chi connectivity index (χ1n) is 10.6. The first kappa shape index (κ1) is 24.1. The number of hydrogen-bond acceptors (Lipinski definition) is 4. The maximum atomic E-state index is 12.4. The van der Waals surface area contributed by atoms with Crippen molar-refractivity contribution in [2.75, 3.05) is 26.2 Å². The molecule has 30 heavy (non-hydrogen) atoms. The van der Waals surface area contributed by atoms with Gasteiger partial charge in [-0.2, -0.15) is 0 Å². The second-order valence-corrected chi connectivity index (χ2v) is 9.31. The van der Waals surface area contributed by atoms with E-state index in [0.29, 0.717) is 24.6 Å². The quantitative estimate of drug-likeness (QED) is 0.231. The van der Waals surface area contributed by atoms with E-state index in [-0.39, 0.29) is 11.3 Å². The molecule has 1 N–H and O–H groups in total. The minimum atomic E-state index is -0.0865.